The summed E-state index contributed by atoms with van der Waals surface area (Å²) in [5.41, 5.74) is 3.20. The fourth-order valence-electron chi connectivity index (χ4n) is 2.45. The number of aromatic amines is 1. The first-order valence-corrected chi connectivity index (χ1v) is 6.89. The molecular formula is C15H22N4O. The van der Waals surface area contributed by atoms with Crippen molar-refractivity contribution in [1.82, 2.24) is 20.3 Å². The summed E-state index contributed by atoms with van der Waals surface area (Å²) in [5.74, 6) is 1.86. The zero-order valence-corrected chi connectivity index (χ0v) is 12.5. The predicted octanol–water partition coefficient (Wildman–Crippen LogP) is 2.32. The Morgan fingerprint density at radius 3 is 2.75 bits per heavy atom. The molecule has 5 heteroatoms. The molecule has 108 valence electrons. The molecule has 0 fully saturated rings. The van der Waals surface area contributed by atoms with Crippen LogP contribution in [0.2, 0.25) is 0 Å². The molecule has 0 saturated carbocycles. The van der Waals surface area contributed by atoms with Gasteiger partial charge in [0, 0.05) is 41.8 Å². The van der Waals surface area contributed by atoms with Gasteiger partial charge in [-0.3, -0.25) is 4.98 Å². The number of hydrogen-bond donors (Lipinski definition) is 2. The number of likely N-dealkylation sites (N-methyl/N-ethyl adjacent to an activating group) is 1. The van der Waals surface area contributed by atoms with Gasteiger partial charge in [0.05, 0.1) is 13.2 Å². The molecular weight excluding hydrogens is 252 g/mol. The number of ether oxygens (including phenoxy) is 1. The third-order valence-electron chi connectivity index (χ3n) is 3.45. The molecule has 0 aliphatic carbocycles. The summed E-state index contributed by atoms with van der Waals surface area (Å²) in [4.78, 5) is 12.1. The first kappa shape index (κ1) is 14.5. The minimum Gasteiger partial charge on any atom is -0.496 e. The van der Waals surface area contributed by atoms with E-state index in [1.165, 1.54) is 0 Å². The Hall–Kier alpha value is -1.88. The van der Waals surface area contributed by atoms with Crippen LogP contribution in [0.3, 0.4) is 0 Å². The number of aryl methyl sites for hydroxylation is 1. The van der Waals surface area contributed by atoms with Crippen molar-refractivity contribution >= 4 is 0 Å². The van der Waals surface area contributed by atoms with E-state index >= 15 is 0 Å². The van der Waals surface area contributed by atoms with Gasteiger partial charge in [-0.1, -0.05) is 6.92 Å². The molecule has 20 heavy (non-hydrogen) atoms. The summed E-state index contributed by atoms with van der Waals surface area (Å²) in [6.07, 6.45) is 6.27. The zero-order chi connectivity index (χ0) is 14.5. The predicted molar refractivity (Wildman–Crippen MR) is 79.0 cm³/mol. The Morgan fingerprint density at radius 2 is 2.15 bits per heavy atom. The van der Waals surface area contributed by atoms with Crippen LogP contribution in [-0.2, 0) is 6.42 Å². The summed E-state index contributed by atoms with van der Waals surface area (Å²) in [6, 6.07) is 0.133. The van der Waals surface area contributed by atoms with Crippen molar-refractivity contribution in [1.29, 1.82) is 0 Å². The lowest BCUT2D eigenvalue weighted by atomic mass is 10.0. The van der Waals surface area contributed by atoms with E-state index in [4.69, 9.17) is 4.74 Å². The van der Waals surface area contributed by atoms with Crippen molar-refractivity contribution in [2.75, 3.05) is 13.7 Å². The monoisotopic (exact) mass is 274 g/mol. The molecule has 2 N–H and O–H groups in total. The molecule has 0 bridgehead atoms. The number of rotatable bonds is 6. The molecule has 0 aliphatic rings. The summed E-state index contributed by atoms with van der Waals surface area (Å²) in [5, 5.41) is 3.44. The first-order valence-electron chi connectivity index (χ1n) is 6.89. The average Bonchev–Trinajstić information content (AvgIpc) is 2.95. The Morgan fingerprint density at radius 1 is 1.35 bits per heavy atom. The van der Waals surface area contributed by atoms with Crippen LogP contribution in [0.15, 0.2) is 18.6 Å². The number of nitrogens with one attached hydrogen (secondary N) is 2. The molecule has 2 aromatic rings. The van der Waals surface area contributed by atoms with Gasteiger partial charge in [-0.15, -0.1) is 0 Å². The van der Waals surface area contributed by atoms with Crippen LogP contribution in [0, 0.1) is 13.8 Å². The van der Waals surface area contributed by atoms with Crippen LogP contribution in [-0.4, -0.2) is 28.6 Å². The Kier molecular flexibility index (Phi) is 4.74. The van der Waals surface area contributed by atoms with E-state index in [1.807, 2.05) is 19.3 Å². The standard InChI is InChI=1S/C15H22N4O/c1-5-16-13(15-17-6-7-18-15)8-12-11(3)14(20-4)10(2)9-19-12/h6-7,9,13,16H,5,8H2,1-4H3,(H,17,18). The van der Waals surface area contributed by atoms with Crippen LogP contribution >= 0.6 is 0 Å². The summed E-state index contributed by atoms with van der Waals surface area (Å²) in [6.45, 7) is 7.04. The number of nitrogens with zero attached hydrogens (tertiary/aromatic N) is 2. The molecule has 0 aromatic carbocycles. The second-order valence-corrected chi connectivity index (χ2v) is 4.83. The van der Waals surface area contributed by atoms with E-state index in [0.717, 1.165) is 41.4 Å². The van der Waals surface area contributed by atoms with Crippen molar-refractivity contribution in [3.8, 4) is 5.75 Å². The SMILES string of the molecule is CCNC(Cc1ncc(C)c(OC)c1C)c1ncc[nH]1. The first-order chi connectivity index (χ1) is 9.67. The quantitative estimate of drug-likeness (QED) is 0.848. The van der Waals surface area contributed by atoms with E-state index in [1.54, 1.807) is 13.3 Å². The van der Waals surface area contributed by atoms with E-state index in [9.17, 15) is 0 Å². The van der Waals surface area contributed by atoms with Crippen LogP contribution in [0.1, 0.15) is 35.6 Å². The highest BCUT2D eigenvalue weighted by Gasteiger charge is 2.17. The number of pyridine rings is 1. The van der Waals surface area contributed by atoms with Crippen molar-refractivity contribution in [2.45, 2.75) is 33.2 Å². The topological polar surface area (TPSA) is 62.8 Å². The largest absolute Gasteiger partial charge is 0.496 e. The van der Waals surface area contributed by atoms with Crippen LogP contribution < -0.4 is 10.1 Å². The molecule has 2 rings (SSSR count). The lowest BCUT2D eigenvalue weighted by molar-refractivity contribution is 0.406. The number of aromatic nitrogens is 3. The molecule has 2 aromatic heterocycles. The molecule has 5 nitrogen and oxygen atoms in total. The molecule has 0 spiro atoms. The van der Waals surface area contributed by atoms with Crippen LogP contribution in [0.5, 0.6) is 5.75 Å². The van der Waals surface area contributed by atoms with Gasteiger partial charge in [0.25, 0.3) is 0 Å². The second kappa shape index (κ2) is 6.52. The van der Waals surface area contributed by atoms with Crippen molar-refractivity contribution in [3.63, 3.8) is 0 Å². The normalized spacial score (nSPS) is 12.4. The van der Waals surface area contributed by atoms with Crippen molar-refractivity contribution < 1.29 is 4.74 Å². The maximum atomic E-state index is 5.46. The van der Waals surface area contributed by atoms with Gasteiger partial charge in [0.2, 0.25) is 0 Å². The molecule has 0 amide bonds. The second-order valence-electron chi connectivity index (χ2n) is 4.83. The van der Waals surface area contributed by atoms with Crippen LogP contribution in [0.4, 0.5) is 0 Å². The van der Waals surface area contributed by atoms with Crippen molar-refractivity contribution in [2.24, 2.45) is 0 Å². The lowest BCUT2D eigenvalue weighted by Gasteiger charge is -2.18. The third-order valence-corrected chi connectivity index (χ3v) is 3.45. The maximum Gasteiger partial charge on any atom is 0.128 e. The number of hydrogen-bond acceptors (Lipinski definition) is 4. The number of methoxy groups -OCH3 is 1. The number of H-pyrrole nitrogens is 1. The Labute approximate surface area is 119 Å². The molecule has 1 atom stereocenters. The van der Waals surface area contributed by atoms with Gasteiger partial charge < -0.3 is 15.0 Å². The minimum atomic E-state index is 0.133. The van der Waals surface area contributed by atoms with Gasteiger partial charge in [-0.25, -0.2) is 4.98 Å². The highest BCUT2D eigenvalue weighted by atomic mass is 16.5. The van der Waals surface area contributed by atoms with E-state index < -0.39 is 0 Å². The van der Waals surface area contributed by atoms with E-state index in [2.05, 4.69) is 34.1 Å². The van der Waals surface area contributed by atoms with E-state index in [-0.39, 0.29) is 6.04 Å². The zero-order valence-electron chi connectivity index (χ0n) is 12.5. The molecule has 2 heterocycles. The Bertz CT molecular complexity index is 551. The Balaban J connectivity index is 2.27. The highest BCUT2D eigenvalue weighted by molar-refractivity contribution is 5.41. The van der Waals surface area contributed by atoms with Gasteiger partial charge in [-0.2, -0.15) is 0 Å². The fourth-order valence-corrected chi connectivity index (χ4v) is 2.45. The summed E-state index contributed by atoms with van der Waals surface area (Å²) >= 11 is 0. The molecule has 1 unspecified atom stereocenters. The highest BCUT2D eigenvalue weighted by Crippen LogP contribution is 2.26. The molecule has 0 radical (unpaired) electrons. The minimum absolute atomic E-state index is 0.133. The molecule has 0 aliphatic heterocycles. The summed E-state index contributed by atoms with van der Waals surface area (Å²) < 4.78 is 5.46. The smallest absolute Gasteiger partial charge is 0.128 e. The lowest BCUT2D eigenvalue weighted by Crippen LogP contribution is -2.24. The third kappa shape index (κ3) is 2.99. The average molecular weight is 274 g/mol. The van der Waals surface area contributed by atoms with Gasteiger partial charge >= 0.3 is 0 Å². The summed E-state index contributed by atoms with van der Waals surface area (Å²) in [7, 11) is 1.70. The number of imidazole rings is 1. The van der Waals surface area contributed by atoms with Gasteiger partial charge in [0.15, 0.2) is 0 Å². The maximum absolute atomic E-state index is 5.46. The van der Waals surface area contributed by atoms with Gasteiger partial charge in [0.1, 0.15) is 11.6 Å². The van der Waals surface area contributed by atoms with Crippen LogP contribution in [0.25, 0.3) is 0 Å². The fraction of sp³-hybridized carbons (Fsp3) is 0.467. The van der Waals surface area contributed by atoms with Crippen molar-refractivity contribution in [3.05, 3.63) is 41.2 Å². The van der Waals surface area contributed by atoms with E-state index in [0.29, 0.717) is 0 Å². The molecule has 0 saturated heterocycles. The van der Waals surface area contributed by atoms with Gasteiger partial charge in [-0.05, 0) is 20.4 Å².